The van der Waals surface area contributed by atoms with Crippen LogP contribution in [0.3, 0.4) is 0 Å². The van der Waals surface area contributed by atoms with Crippen LogP contribution in [0.4, 0.5) is 0 Å². The molecule has 0 radical (unpaired) electrons. The molecule has 0 aromatic heterocycles. The van der Waals surface area contributed by atoms with Gasteiger partial charge in [-0.15, -0.1) is 0 Å². The fourth-order valence-corrected chi connectivity index (χ4v) is 3.50. The predicted molar refractivity (Wildman–Crippen MR) is 92.6 cm³/mol. The normalized spacial score (nSPS) is 16.1. The molecule has 0 N–H and O–H groups in total. The maximum atomic E-state index is 12.1. The molecule has 1 aliphatic rings. The van der Waals surface area contributed by atoms with Crippen LogP contribution in [0.5, 0.6) is 0 Å². The number of sulfonamides is 1. The second-order valence-corrected chi connectivity index (χ2v) is 8.61. The number of ether oxygens (including phenoxy) is 1. The SMILES string of the molecule is CC1CCN(C(=O)COC(=O)c2cccc(S(=O)(=O)N(C)C)c2)CC1. The van der Waals surface area contributed by atoms with Crippen molar-refractivity contribution in [2.24, 2.45) is 5.92 Å². The van der Waals surface area contributed by atoms with E-state index in [1.54, 1.807) is 4.90 Å². The number of hydrogen-bond donors (Lipinski definition) is 0. The lowest BCUT2D eigenvalue weighted by atomic mass is 9.99. The Labute approximate surface area is 148 Å². The van der Waals surface area contributed by atoms with Gasteiger partial charge < -0.3 is 9.64 Å². The maximum absolute atomic E-state index is 12.1. The van der Waals surface area contributed by atoms with E-state index in [0.29, 0.717) is 19.0 Å². The molecule has 8 heteroatoms. The van der Waals surface area contributed by atoms with E-state index in [9.17, 15) is 18.0 Å². The average molecular weight is 368 g/mol. The van der Waals surface area contributed by atoms with Crippen LogP contribution in [-0.2, 0) is 19.6 Å². The van der Waals surface area contributed by atoms with E-state index < -0.39 is 16.0 Å². The van der Waals surface area contributed by atoms with Gasteiger partial charge in [0.2, 0.25) is 10.0 Å². The highest BCUT2D eigenvalue weighted by Gasteiger charge is 2.22. The van der Waals surface area contributed by atoms with Crippen LogP contribution >= 0.6 is 0 Å². The van der Waals surface area contributed by atoms with Gasteiger partial charge in [0.15, 0.2) is 6.61 Å². The van der Waals surface area contributed by atoms with Gasteiger partial charge >= 0.3 is 5.97 Å². The highest BCUT2D eigenvalue weighted by Crippen LogP contribution is 2.17. The van der Waals surface area contributed by atoms with Crippen LogP contribution < -0.4 is 0 Å². The quantitative estimate of drug-likeness (QED) is 0.733. The van der Waals surface area contributed by atoms with E-state index in [2.05, 4.69) is 6.92 Å². The Bertz CT molecular complexity index is 737. The van der Waals surface area contributed by atoms with E-state index >= 15 is 0 Å². The van der Waals surface area contributed by atoms with E-state index in [-0.39, 0.29) is 23.0 Å². The summed E-state index contributed by atoms with van der Waals surface area (Å²) in [6, 6.07) is 5.60. The first-order chi connectivity index (χ1) is 11.7. The number of carbonyl (C=O) groups excluding carboxylic acids is 2. The monoisotopic (exact) mass is 368 g/mol. The summed E-state index contributed by atoms with van der Waals surface area (Å²) in [5.74, 6) is -0.333. The van der Waals surface area contributed by atoms with Crippen LogP contribution in [0.2, 0.25) is 0 Å². The zero-order chi connectivity index (χ0) is 18.6. The molecular weight excluding hydrogens is 344 g/mol. The van der Waals surface area contributed by atoms with Crippen molar-refractivity contribution in [2.75, 3.05) is 33.8 Å². The summed E-state index contributed by atoms with van der Waals surface area (Å²) < 4.78 is 30.4. The molecule has 1 heterocycles. The van der Waals surface area contributed by atoms with Crippen molar-refractivity contribution in [1.82, 2.24) is 9.21 Å². The van der Waals surface area contributed by atoms with Gasteiger partial charge in [0.1, 0.15) is 0 Å². The summed E-state index contributed by atoms with van der Waals surface area (Å²) in [5.41, 5.74) is 0.1000. The number of amides is 1. The number of hydrogen-bond acceptors (Lipinski definition) is 5. The summed E-state index contributed by atoms with van der Waals surface area (Å²) in [6.45, 7) is 3.16. The first-order valence-corrected chi connectivity index (χ1v) is 9.63. The second kappa shape index (κ2) is 7.97. The Morgan fingerprint density at radius 3 is 2.48 bits per heavy atom. The molecule has 7 nitrogen and oxygen atoms in total. The van der Waals surface area contributed by atoms with Crippen molar-refractivity contribution in [1.29, 1.82) is 0 Å². The van der Waals surface area contributed by atoms with Crippen LogP contribution in [-0.4, -0.2) is 63.3 Å². The largest absolute Gasteiger partial charge is 0.452 e. The van der Waals surface area contributed by atoms with Crippen molar-refractivity contribution in [3.05, 3.63) is 29.8 Å². The lowest BCUT2D eigenvalue weighted by Gasteiger charge is -2.30. The maximum Gasteiger partial charge on any atom is 0.338 e. The molecule has 138 valence electrons. The summed E-state index contributed by atoms with van der Waals surface area (Å²) in [5, 5.41) is 0. The van der Waals surface area contributed by atoms with Crippen LogP contribution in [0, 0.1) is 5.92 Å². The molecule has 1 amide bonds. The third kappa shape index (κ3) is 4.79. The average Bonchev–Trinajstić information content (AvgIpc) is 2.60. The first-order valence-electron chi connectivity index (χ1n) is 8.19. The third-order valence-electron chi connectivity index (χ3n) is 4.31. The fraction of sp³-hybridized carbons (Fsp3) is 0.529. The zero-order valence-corrected chi connectivity index (χ0v) is 15.6. The third-order valence-corrected chi connectivity index (χ3v) is 6.12. The van der Waals surface area contributed by atoms with Crippen molar-refractivity contribution < 1.29 is 22.7 Å². The van der Waals surface area contributed by atoms with Gasteiger partial charge in [-0.25, -0.2) is 17.5 Å². The fourth-order valence-electron chi connectivity index (χ4n) is 2.55. The molecule has 0 aliphatic carbocycles. The number of benzene rings is 1. The van der Waals surface area contributed by atoms with E-state index in [0.717, 1.165) is 17.1 Å². The Kier molecular flexibility index (Phi) is 6.18. The molecule has 1 aromatic rings. The Balaban J connectivity index is 1.98. The van der Waals surface area contributed by atoms with Crippen molar-refractivity contribution in [3.8, 4) is 0 Å². The van der Waals surface area contributed by atoms with E-state index in [1.807, 2.05) is 0 Å². The molecule has 25 heavy (non-hydrogen) atoms. The van der Waals surface area contributed by atoms with Gasteiger partial charge in [-0.3, -0.25) is 4.79 Å². The lowest BCUT2D eigenvalue weighted by Crippen LogP contribution is -2.40. The van der Waals surface area contributed by atoms with Gasteiger partial charge in [0, 0.05) is 27.2 Å². The summed E-state index contributed by atoms with van der Waals surface area (Å²) >= 11 is 0. The zero-order valence-electron chi connectivity index (χ0n) is 14.8. The number of piperidine rings is 1. The Morgan fingerprint density at radius 2 is 1.88 bits per heavy atom. The molecule has 1 aromatic carbocycles. The van der Waals surface area contributed by atoms with Crippen LogP contribution in [0.25, 0.3) is 0 Å². The number of rotatable bonds is 5. The molecule has 0 spiro atoms. The minimum absolute atomic E-state index is 0.00305. The first kappa shape index (κ1) is 19.4. The molecule has 0 atom stereocenters. The molecular formula is C17H24N2O5S. The number of esters is 1. The van der Waals surface area contributed by atoms with Crippen molar-refractivity contribution in [3.63, 3.8) is 0 Å². The molecule has 0 saturated carbocycles. The highest BCUT2D eigenvalue weighted by atomic mass is 32.2. The summed E-state index contributed by atoms with van der Waals surface area (Å²) in [6.07, 6.45) is 1.90. The van der Waals surface area contributed by atoms with Crippen LogP contribution in [0.1, 0.15) is 30.1 Å². The topological polar surface area (TPSA) is 84.0 Å². The van der Waals surface area contributed by atoms with Gasteiger partial charge in [0.05, 0.1) is 10.5 Å². The molecule has 1 fully saturated rings. The lowest BCUT2D eigenvalue weighted by molar-refractivity contribution is -0.135. The molecule has 2 rings (SSSR count). The van der Waals surface area contributed by atoms with E-state index in [4.69, 9.17) is 4.74 Å². The second-order valence-electron chi connectivity index (χ2n) is 6.45. The highest BCUT2D eigenvalue weighted by molar-refractivity contribution is 7.89. The number of carbonyl (C=O) groups is 2. The minimum Gasteiger partial charge on any atom is -0.452 e. The van der Waals surface area contributed by atoms with Gasteiger partial charge in [-0.05, 0) is 37.0 Å². The molecule has 0 bridgehead atoms. The molecule has 0 unspecified atom stereocenters. The smallest absolute Gasteiger partial charge is 0.338 e. The molecule has 1 aliphatic heterocycles. The number of likely N-dealkylation sites (tertiary alicyclic amines) is 1. The Hall–Kier alpha value is -1.93. The van der Waals surface area contributed by atoms with Crippen LogP contribution in [0.15, 0.2) is 29.2 Å². The minimum atomic E-state index is -3.64. The summed E-state index contributed by atoms with van der Waals surface area (Å²) in [4.78, 5) is 25.9. The predicted octanol–water partition coefficient (Wildman–Crippen LogP) is 1.35. The van der Waals surface area contributed by atoms with Gasteiger partial charge in [-0.2, -0.15) is 0 Å². The molecule has 1 saturated heterocycles. The van der Waals surface area contributed by atoms with E-state index in [1.165, 1.54) is 38.4 Å². The Morgan fingerprint density at radius 1 is 1.24 bits per heavy atom. The van der Waals surface area contributed by atoms with Gasteiger partial charge in [-0.1, -0.05) is 13.0 Å². The van der Waals surface area contributed by atoms with Crippen molar-refractivity contribution >= 4 is 21.9 Å². The summed E-state index contributed by atoms with van der Waals surface area (Å²) in [7, 11) is -0.806. The van der Waals surface area contributed by atoms with Crippen molar-refractivity contribution in [2.45, 2.75) is 24.7 Å². The van der Waals surface area contributed by atoms with Gasteiger partial charge in [0.25, 0.3) is 5.91 Å². The number of nitrogens with zero attached hydrogens (tertiary/aromatic N) is 2. The standard InChI is InChI=1S/C17H24N2O5S/c1-13-7-9-19(10-8-13)16(20)12-24-17(21)14-5-4-6-15(11-14)25(22,23)18(2)3/h4-6,11,13H,7-10,12H2,1-3H3.